The first kappa shape index (κ1) is 13.5. The van der Waals surface area contributed by atoms with Crippen LogP contribution < -0.4 is 11.3 Å². The number of nitrogens with one attached hydrogen (secondary N) is 1. The second kappa shape index (κ2) is 5.70. The van der Waals surface area contributed by atoms with Crippen LogP contribution in [0.4, 0.5) is 0 Å². The van der Waals surface area contributed by atoms with Crippen LogP contribution in [0.15, 0.2) is 12.3 Å². The molecule has 0 saturated heterocycles. The maximum atomic E-state index is 5.56. The fraction of sp³-hybridized carbons (Fsp3) is 0.727. The van der Waals surface area contributed by atoms with Crippen molar-refractivity contribution in [1.29, 1.82) is 0 Å². The lowest BCUT2D eigenvalue weighted by Crippen LogP contribution is -2.39. The number of aryl methyl sites for hydroxylation is 1. The Morgan fingerprint density at radius 3 is 2.69 bits per heavy atom. The highest BCUT2D eigenvalue weighted by molar-refractivity contribution is 8.00. The molecule has 0 aliphatic heterocycles. The standard InChI is InChI=1S/C11H22N4S/c1-11(2,3)16-8-10(13-12)7-9-5-6-15(4)14-9/h5-6,10,13H,7-8,12H2,1-4H3. The van der Waals surface area contributed by atoms with Crippen molar-refractivity contribution < 1.29 is 0 Å². The van der Waals surface area contributed by atoms with Gasteiger partial charge in [-0.25, -0.2) is 0 Å². The SMILES string of the molecule is Cn1ccc(CC(CSC(C)(C)C)NN)n1. The molecule has 0 radical (unpaired) electrons. The van der Waals surface area contributed by atoms with E-state index in [0.29, 0.717) is 0 Å². The molecule has 0 aromatic carbocycles. The van der Waals surface area contributed by atoms with Gasteiger partial charge in [-0.05, 0) is 6.07 Å². The van der Waals surface area contributed by atoms with Crippen LogP contribution in [0.2, 0.25) is 0 Å². The first-order chi connectivity index (χ1) is 7.40. The lowest BCUT2D eigenvalue weighted by atomic mass is 10.2. The van der Waals surface area contributed by atoms with Gasteiger partial charge in [0.1, 0.15) is 0 Å². The first-order valence-corrected chi connectivity index (χ1v) is 6.48. The topological polar surface area (TPSA) is 55.9 Å². The van der Waals surface area contributed by atoms with E-state index in [0.717, 1.165) is 17.9 Å². The molecule has 92 valence electrons. The van der Waals surface area contributed by atoms with E-state index in [4.69, 9.17) is 5.84 Å². The third-order valence-corrected chi connectivity index (χ3v) is 3.61. The number of hydrazine groups is 1. The number of hydrogen-bond acceptors (Lipinski definition) is 4. The Morgan fingerprint density at radius 1 is 1.56 bits per heavy atom. The number of hydrogen-bond donors (Lipinski definition) is 2. The minimum atomic E-state index is 0.277. The summed E-state index contributed by atoms with van der Waals surface area (Å²) < 4.78 is 2.10. The Labute approximate surface area is 102 Å². The van der Waals surface area contributed by atoms with Gasteiger partial charge in [0.2, 0.25) is 0 Å². The first-order valence-electron chi connectivity index (χ1n) is 5.49. The van der Waals surface area contributed by atoms with Gasteiger partial charge in [-0.1, -0.05) is 20.8 Å². The average Bonchev–Trinajstić information content (AvgIpc) is 2.57. The van der Waals surface area contributed by atoms with E-state index in [1.54, 1.807) is 0 Å². The van der Waals surface area contributed by atoms with E-state index in [1.807, 2.05) is 35.8 Å². The summed E-state index contributed by atoms with van der Waals surface area (Å²) >= 11 is 1.92. The van der Waals surface area contributed by atoms with Crippen LogP contribution in [0, 0.1) is 0 Å². The predicted molar refractivity (Wildman–Crippen MR) is 70.2 cm³/mol. The number of rotatable bonds is 5. The van der Waals surface area contributed by atoms with Gasteiger partial charge in [-0.3, -0.25) is 16.0 Å². The van der Waals surface area contributed by atoms with E-state index in [2.05, 4.69) is 31.3 Å². The zero-order valence-electron chi connectivity index (χ0n) is 10.5. The van der Waals surface area contributed by atoms with Crippen molar-refractivity contribution in [1.82, 2.24) is 15.2 Å². The fourth-order valence-corrected chi connectivity index (χ4v) is 2.26. The summed E-state index contributed by atoms with van der Waals surface area (Å²) in [5, 5.41) is 4.35. The Balaban J connectivity index is 2.43. The van der Waals surface area contributed by atoms with Crippen molar-refractivity contribution in [3.63, 3.8) is 0 Å². The molecule has 16 heavy (non-hydrogen) atoms. The van der Waals surface area contributed by atoms with E-state index in [9.17, 15) is 0 Å². The maximum absolute atomic E-state index is 5.56. The van der Waals surface area contributed by atoms with Gasteiger partial charge in [-0.2, -0.15) is 16.9 Å². The van der Waals surface area contributed by atoms with Gasteiger partial charge in [0.05, 0.1) is 5.69 Å². The summed E-state index contributed by atoms with van der Waals surface area (Å²) in [6.45, 7) is 6.64. The molecule has 0 aliphatic carbocycles. The third kappa shape index (κ3) is 5.01. The van der Waals surface area contributed by atoms with Gasteiger partial charge in [0.25, 0.3) is 0 Å². The Hall–Kier alpha value is -0.520. The fourth-order valence-electron chi connectivity index (χ4n) is 1.34. The van der Waals surface area contributed by atoms with E-state index in [-0.39, 0.29) is 10.8 Å². The monoisotopic (exact) mass is 242 g/mol. The van der Waals surface area contributed by atoms with Gasteiger partial charge >= 0.3 is 0 Å². The molecular weight excluding hydrogens is 220 g/mol. The molecule has 0 fully saturated rings. The highest BCUT2D eigenvalue weighted by atomic mass is 32.2. The Bertz CT molecular complexity index is 316. The summed E-state index contributed by atoms with van der Waals surface area (Å²) in [5.74, 6) is 6.56. The van der Waals surface area contributed by atoms with Gasteiger partial charge in [-0.15, -0.1) is 0 Å². The number of aromatic nitrogens is 2. The van der Waals surface area contributed by atoms with Crippen LogP contribution in [0.3, 0.4) is 0 Å². The van der Waals surface area contributed by atoms with Crippen molar-refractivity contribution in [2.75, 3.05) is 5.75 Å². The van der Waals surface area contributed by atoms with Crippen LogP contribution in [0.5, 0.6) is 0 Å². The second-order valence-corrected chi connectivity index (χ2v) is 6.82. The summed E-state index contributed by atoms with van der Waals surface area (Å²) in [6, 6.07) is 2.31. The Morgan fingerprint density at radius 2 is 2.25 bits per heavy atom. The van der Waals surface area contributed by atoms with Gasteiger partial charge < -0.3 is 0 Å². The molecule has 5 heteroatoms. The molecular formula is C11H22N4S. The zero-order chi connectivity index (χ0) is 12.2. The molecule has 0 aliphatic rings. The number of nitrogens with zero attached hydrogens (tertiary/aromatic N) is 2. The highest BCUT2D eigenvalue weighted by Gasteiger charge is 2.15. The van der Waals surface area contributed by atoms with E-state index < -0.39 is 0 Å². The highest BCUT2D eigenvalue weighted by Crippen LogP contribution is 2.24. The van der Waals surface area contributed by atoms with Crippen LogP contribution in [-0.2, 0) is 13.5 Å². The van der Waals surface area contributed by atoms with Crippen LogP contribution >= 0.6 is 11.8 Å². The molecule has 0 saturated carbocycles. The van der Waals surface area contributed by atoms with Gasteiger partial charge in [0.15, 0.2) is 0 Å². The molecule has 1 aromatic heterocycles. The maximum Gasteiger partial charge on any atom is 0.0640 e. The van der Waals surface area contributed by atoms with Crippen LogP contribution in [0.25, 0.3) is 0 Å². The summed E-state index contributed by atoms with van der Waals surface area (Å²) in [5.41, 5.74) is 3.95. The quantitative estimate of drug-likeness (QED) is 0.604. The minimum Gasteiger partial charge on any atom is -0.276 e. The normalized spacial score (nSPS) is 14.1. The lowest BCUT2D eigenvalue weighted by molar-refractivity contribution is 0.561. The minimum absolute atomic E-state index is 0.277. The largest absolute Gasteiger partial charge is 0.276 e. The van der Waals surface area contributed by atoms with Crippen molar-refractivity contribution >= 4 is 11.8 Å². The molecule has 3 N–H and O–H groups in total. The lowest BCUT2D eigenvalue weighted by Gasteiger charge is -2.22. The molecule has 1 rings (SSSR count). The van der Waals surface area contributed by atoms with E-state index >= 15 is 0 Å². The molecule has 1 atom stereocenters. The molecule has 4 nitrogen and oxygen atoms in total. The summed E-state index contributed by atoms with van der Waals surface area (Å²) in [7, 11) is 1.93. The van der Waals surface area contributed by atoms with Crippen molar-refractivity contribution in [3.8, 4) is 0 Å². The third-order valence-electron chi connectivity index (χ3n) is 2.18. The Kier molecular flexibility index (Phi) is 4.83. The van der Waals surface area contributed by atoms with Gasteiger partial charge in [0, 0.05) is 36.2 Å². The molecule has 0 amide bonds. The summed E-state index contributed by atoms with van der Waals surface area (Å²) in [6.07, 6.45) is 2.83. The molecule has 0 bridgehead atoms. The van der Waals surface area contributed by atoms with E-state index in [1.165, 1.54) is 0 Å². The molecule has 1 aromatic rings. The van der Waals surface area contributed by atoms with Crippen LogP contribution in [-0.4, -0.2) is 26.3 Å². The van der Waals surface area contributed by atoms with Crippen molar-refractivity contribution in [2.24, 2.45) is 12.9 Å². The predicted octanol–water partition coefficient (Wildman–Crippen LogP) is 1.33. The number of nitrogens with two attached hydrogens (primary N) is 1. The number of thioether (sulfide) groups is 1. The zero-order valence-corrected chi connectivity index (χ0v) is 11.3. The van der Waals surface area contributed by atoms with Crippen molar-refractivity contribution in [3.05, 3.63) is 18.0 Å². The smallest absolute Gasteiger partial charge is 0.0640 e. The molecule has 0 spiro atoms. The molecule has 1 heterocycles. The summed E-state index contributed by atoms with van der Waals surface area (Å²) in [4.78, 5) is 0. The van der Waals surface area contributed by atoms with Crippen LogP contribution in [0.1, 0.15) is 26.5 Å². The second-order valence-electron chi connectivity index (χ2n) is 4.97. The molecule has 1 unspecified atom stereocenters. The average molecular weight is 242 g/mol. The van der Waals surface area contributed by atoms with Crippen molar-refractivity contribution in [2.45, 2.75) is 38.0 Å².